The van der Waals surface area contributed by atoms with Crippen molar-refractivity contribution in [1.82, 2.24) is 0 Å². The number of carbonyl (C=O) groups is 1. The van der Waals surface area contributed by atoms with Crippen molar-refractivity contribution in [2.24, 2.45) is 0 Å². The Labute approximate surface area is 107 Å². The van der Waals surface area contributed by atoms with Gasteiger partial charge in [0, 0.05) is 6.08 Å². The third kappa shape index (κ3) is 3.23. The zero-order chi connectivity index (χ0) is 12.8. The Kier molecular flexibility index (Phi) is 4.18. The maximum Gasteiger partial charge on any atom is 0.330 e. The summed E-state index contributed by atoms with van der Waals surface area (Å²) in [4.78, 5) is 10.8. The molecule has 0 spiro atoms. The van der Waals surface area contributed by atoms with Crippen molar-refractivity contribution < 1.29 is 14.3 Å². The maximum absolute atomic E-state index is 10.8. The molecule has 0 radical (unpaired) electrons. The SMILES string of the molecule is C=CC(=O)OCCOc1ccc2c(c1)C=CCC2. The molecule has 0 aliphatic heterocycles. The molecule has 0 amide bonds. The summed E-state index contributed by atoms with van der Waals surface area (Å²) >= 11 is 0. The second-order valence-electron chi connectivity index (χ2n) is 4.02. The van der Waals surface area contributed by atoms with Gasteiger partial charge in [-0.25, -0.2) is 4.79 Å². The van der Waals surface area contributed by atoms with E-state index in [4.69, 9.17) is 9.47 Å². The predicted molar refractivity (Wildman–Crippen MR) is 70.4 cm³/mol. The van der Waals surface area contributed by atoms with E-state index in [0.717, 1.165) is 24.7 Å². The number of hydrogen-bond donors (Lipinski definition) is 0. The van der Waals surface area contributed by atoms with Gasteiger partial charge in [-0.1, -0.05) is 24.8 Å². The fraction of sp³-hybridized carbons (Fsp3) is 0.267. The number of hydrogen-bond acceptors (Lipinski definition) is 3. The van der Waals surface area contributed by atoms with Gasteiger partial charge in [0.25, 0.3) is 0 Å². The summed E-state index contributed by atoms with van der Waals surface area (Å²) in [6.07, 6.45) is 7.61. The van der Waals surface area contributed by atoms with Gasteiger partial charge in [0.05, 0.1) is 0 Å². The second-order valence-corrected chi connectivity index (χ2v) is 4.02. The number of fused-ring (bicyclic) bond motifs is 1. The second kappa shape index (κ2) is 6.05. The van der Waals surface area contributed by atoms with Crippen molar-refractivity contribution in [2.75, 3.05) is 13.2 Å². The normalized spacial score (nSPS) is 12.7. The van der Waals surface area contributed by atoms with Crippen LogP contribution in [0.15, 0.2) is 36.9 Å². The number of carbonyl (C=O) groups excluding carboxylic acids is 1. The molecule has 0 aromatic heterocycles. The minimum Gasteiger partial charge on any atom is -0.490 e. The van der Waals surface area contributed by atoms with Crippen LogP contribution in [0.4, 0.5) is 0 Å². The van der Waals surface area contributed by atoms with Gasteiger partial charge in [-0.05, 0) is 36.1 Å². The lowest BCUT2D eigenvalue weighted by atomic mass is 9.97. The molecule has 18 heavy (non-hydrogen) atoms. The summed E-state index contributed by atoms with van der Waals surface area (Å²) < 4.78 is 10.4. The first-order chi connectivity index (χ1) is 8.79. The minimum atomic E-state index is -0.424. The molecule has 0 bridgehead atoms. The van der Waals surface area contributed by atoms with E-state index in [1.165, 1.54) is 11.1 Å². The van der Waals surface area contributed by atoms with Gasteiger partial charge in [0.1, 0.15) is 19.0 Å². The summed E-state index contributed by atoms with van der Waals surface area (Å²) in [6.45, 7) is 3.91. The predicted octanol–water partition coefficient (Wildman–Crippen LogP) is 2.75. The van der Waals surface area contributed by atoms with Crippen LogP contribution < -0.4 is 4.74 Å². The number of allylic oxidation sites excluding steroid dienone is 1. The molecule has 1 aliphatic rings. The van der Waals surface area contributed by atoms with E-state index in [-0.39, 0.29) is 6.61 Å². The molecule has 94 valence electrons. The monoisotopic (exact) mass is 244 g/mol. The average molecular weight is 244 g/mol. The van der Waals surface area contributed by atoms with E-state index < -0.39 is 5.97 Å². The lowest BCUT2D eigenvalue weighted by molar-refractivity contribution is -0.138. The molecule has 0 fully saturated rings. The van der Waals surface area contributed by atoms with Crippen LogP contribution in [0.3, 0.4) is 0 Å². The molecule has 3 heteroatoms. The number of ether oxygens (including phenoxy) is 2. The standard InChI is InChI=1S/C15H16O3/c1-2-15(16)18-10-9-17-14-8-7-12-5-3-4-6-13(12)11-14/h2,4,6-8,11H,1,3,5,9-10H2. The number of benzene rings is 1. The fourth-order valence-electron chi connectivity index (χ4n) is 1.86. The highest BCUT2D eigenvalue weighted by atomic mass is 16.6. The number of esters is 1. The van der Waals surface area contributed by atoms with Gasteiger partial charge >= 0.3 is 5.97 Å². The molecule has 0 saturated heterocycles. The van der Waals surface area contributed by atoms with Crippen molar-refractivity contribution in [3.8, 4) is 5.75 Å². The van der Waals surface area contributed by atoms with Crippen LogP contribution in [0.2, 0.25) is 0 Å². The van der Waals surface area contributed by atoms with Crippen LogP contribution in [0, 0.1) is 0 Å². The van der Waals surface area contributed by atoms with Crippen LogP contribution in [-0.2, 0) is 16.0 Å². The van der Waals surface area contributed by atoms with Crippen molar-refractivity contribution in [3.63, 3.8) is 0 Å². The van der Waals surface area contributed by atoms with Crippen LogP contribution in [0.1, 0.15) is 17.5 Å². The summed E-state index contributed by atoms with van der Waals surface area (Å²) in [5.74, 6) is 0.377. The highest BCUT2D eigenvalue weighted by Crippen LogP contribution is 2.23. The highest BCUT2D eigenvalue weighted by molar-refractivity contribution is 5.81. The molecular weight excluding hydrogens is 228 g/mol. The quantitative estimate of drug-likeness (QED) is 0.454. The molecule has 1 aromatic carbocycles. The Morgan fingerprint density at radius 1 is 1.39 bits per heavy atom. The van der Waals surface area contributed by atoms with E-state index in [0.29, 0.717) is 6.61 Å². The van der Waals surface area contributed by atoms with E-state index in [9.17, 15) is 4.79 Å². The molecule has 0 saturated carbocycles. The lowest BCUT2D eigenvalue weighted by Gasteiger charge is -2.12. The Bertz CT molecular complexity index is 475. The number of aryl methyl sites for hydroxylation is 1. The molecule has 1 aromatic rings. The van der Waals surface area contributed by atoms with E-state index in [1.54, 1.807) is 0 Å². The number of rotatable bonds is 5. The third-order valence-corrected chi connectivity index (χ3v) is 2.76. The van der Waals surface area contributed by atoms with Gasteiger partial charge in [-0.3, -0.25) is 0 Å². The summed E-state index contributed by atoms with van der Waals surface area (Å²) in [6, 6.07) is 6.05. The molecule has 0 atom stereocenters. The Balaban J connectivity index is 1.85. The van der Waals surface area contributed by atoms with Crippen molar-refractivity contribution in [1.29, 1.82) is 0 Å². The van der Waals surface area contributed by atoms with E-state index in [2.05, 4.69) is 24.8 Å². The lowest BCUT2D eigenvalue weighted by Crippen LogP contribution is -2.10. The summed E-state index contributed by atoms with van der Waals surface area (Å²) in [5, 5.41) is 0. The van der Waals surface area contributed by atoms with Gasteiger partial charge in [0.15, 0.2) is 0 Å². The largest absolute Gasteiger partial charge is 0.490 e. The molecular formula is C15H16O3. The first kappa shape index (κ1) is 12.4. The average Bonchev–Trinajstić information content (AvgIpc) is 2.43. The zero-order valence-corrected chi connectivity index (χ0v) is 10.2. The smallest absolute Gasteiger partial charge is 0.330 e. The van der Waals surface area contributed by atoms with Crippen LogP contribution in [0.25, 0.3) is 6.08 Å². The van der Waals surface area contributed by atoms with E-state index >= 15 is 0 Å². The summed E-state index contributed by atoms with van der Waals surface area (Å²) in [7, 11) is 0. The van der Waals surface area contributed by atoms with Gasteiger partial charge in [-0.2, -0.15) is 0 Å². The van der Waals surface area contributed by atoms with Crippen molar-refractivity contribution in [3.05, 3.63) is 48.1 Å². The van der Waals surface area contributed by atoms with Crippen molar-refractivity contribution in [2.45, 2.75) is 12.8 Å². The van der Waals surface area contributed by atoms with Gasteiger partial charge in [-0.15, -0.1) is 0 Å². The van der Waals surface area contributed by atoms with Crippen LogP contribution in [0.5, 0.6) is 5.75 Å². The van der Waals surface area contributed by atoms with Gasteiger partial charge < -0.3 is 9.47 Å². The topological polar surface area (TPSA) is 35.5 Å². The Hall–Kier alpha value is -2.03. The van der Waals surface area contributed by atoms with Crippen LogP contribution >= 0.6 is 0 Å². The molecule has 0 unspecified atom stereocenters. The zero-order valence-electron chi connectivity index (χ0n) is 10.2. The molecule has 2 rings (SSSR count). The maximum atomic E-state index is 10.8. The third-order valence-electron chi connectivity index (χ3n) is 2.76. The van der Waals surface area contributed by atoms with Crippen LogP contribution in [-0.4, -0.2) is 19.2 Å². The first-order valence-electron chi connectivity index (χ1n) is 6.01. The minimum absolute atomic E-state index is 0.234. The molecule has 3 nitrogen and oxygen atoms in total. The van der Waals surface area contributed by atoms with Crippen molar-refractivity contribution >= 4 is 12.0 Å². The van der Waals surface area contributed by atoms with E-state index in [1.807, 2.05) is 12.1 Å². The van der Waals surface area contributed by atoms with Gasteiger partial charge in [0.2, 0.25) is 0 Å². The first-order valence-corrected chi connectivity index (χ1v) is 6.01. The Morgan fingerprint density at radius 3 is 3.11 bits per heavy atom. The molecule has 0 heterocycles. The molecule has 0 N–H and O–H groups in total. The molecule has 1 aliphatic carbocycles. The highest BCUT2D eigenvalue weighted by Gasteiger charge is 2.05. The summed E-state index contributed by atoms with van der Waals surface area (Å²) in [5.41, 5.74) is 2.56. The Morgan fingerprint density at radius 2 is 2.28 bits per heavy atom. The fourth-order valence-corrected chi connectivity index (χ4v) is 1.86.